The molecular formula is C18H16O6. The van der Waals surface area contributed by atoms with Crippen molar-refractivity contribution in [1.82, 2.24) is 0 Å². The molecule has 0 radical (unpaired) electrons. The minimum Gasteiger partial charge on any atom is -0.496 e. The minimum absolute atomic E-state index is 0.283. The van der Waals surface area contributed by atoms with Crippen molar-refractivity contribution in [2.45, 2.75) is 32.2 Å². The second-order valence-corrected chi connectivity index (χ2v) is 6.55. The van der Waals surface area contributed by atoms with E-state index in [2.05, 4.69) is 0 Å². The van der Waals surface area contributed by atoms with Crippen LogP contribution in [-0.4, -0.2) is 30.4 Å². The molecule has 2 heterocycles. The van der Waals surface area contributed by atoms with Gasteiger partial charge in [0, 0.05) is 42.7 Å². The number of ether oxygens (including phenoxy) is 4. The van der Waals surface area contributed by atoms with E-state index in [1.54, 1.807) is 46.1 Å². The first-order chi connectivity index (χ1) is 11.2. The minimum atomic E-state index is -1.08. The van der Waals surface area contributed by atoms with Gasteiger partial charge in [-0.05, 0) is 13.0 Å². The average molecular weight is 328 g/mol. The number of fused-ring (bicyclic) bond motifs is 5. The highest BCUT2D eigenvalue weighted by atomic mass is 16.7. The van der Waals surface area contributed by atoms with Crippen molar-refractivity contribution in [3.8, 4) is 11.5 Å². The first-order valence-electron chi connectivity index (χ1n) is 7.56. The van der Waals surface area contributed by atoms with Gasteiger partial charge in [0.25, 0.3) is 0 Å². The summed E-state index contributed by atoms with van der Waals surface area (Å²) < 4.78 is 22.0. The second kappa shape index (κ2) is 4.41. The Morgan fingerprint density at radius 3 is 2.50 bits per heavy atom. The standard InChI is InChI=1S/C18H16O6/c1-17(2)22-12-8-11(21-4)9-5-6-18(3)10(7-13(19)23-18)14(9)15(12)16(20)24-17/h5-8H,1-4H3. The largest absolute Gasteiger partial charge is 0.496 e. The molecule has 0 aromatic heterocycles. The normalized spacial score (nSPS) is 25.6. The van der Waals surface area contributed by atoms with E-state index in [4.69, 9.17) is 18.9 Å². The maximum absolute atomic E-state index is 12.6. The Labute approximate surface area is 138 Å². The summed E-state index contributed by atoms with van der Waals surface area (Å²) in [7, 11) is 1.54. The van der Waals surface area contributed by atoms with Crippen LogP contribution in [0.25, 0.3) is 11.6 Å². The molecule has 1 aromatic rings. The molecule has 0 saturated heterocycles. The Kier molecular flexibility index (Phi) is 2.72. The molecule has 6 heteroatoms. The van der Waals surface area contributed by atoms with Crippen LogP contribution in [0.4, 0.5) is 0 Å². The number of esters is 2. The second-order valence-electron chi connectivity index (χ2n) is 6.55. The zero-order valence-electron chi connectivity index (χ0n) is 13.8. The van der Waals surface area contributed by atoms with E-state index in [1.807, 2.05) is 0 Å². The Balaban J connectivity index is 2.06. The maximum atomic E-state index is 12.6. The monoisotopic (exact) mass is 328 g/mol. The molecule has 1 aliphatic carbocycles. The number of hydrogen-bond donors (Lipinski definition) is 0. The van der Waals surface area contributed by atoms with Crippen LogP contribution in [0, 0.1) is 0 Å². The molecule has 1 unspecified atom stereocenters. The van der Waals surface area contributed by atoms with Crippen LogP contribution < -0.4 is 9.47 Å². The molecule has 0 amide bonds. The van der Waals surface area contributed by atoms with E-state index in [0.29, 0.717) is 28.2 Å². The fraction of sp³-hybridized carbons (Fsp3) is 0.333. The fourth-order valence-corrected chi connectivity index (χ4v) is 3.35. The molecule has 6 nitrogen and oxygen atoms in total. The highest BCUT2D eigenvalue weighted by Gasteiger charge is 2.46. The lowest BCUT2D eigenvalue weighted by molar-refractivity contribution is -0.141. The number of carbonyl (C=O) groups excluding carboxylic acids is 2. The third-order valence-corrected chi connectivity index (χ3v) is 4.36. The van der Waals surface area contributed by atoms with E-state index >= 15 is 0 Å². The highest BCUT2D eigenvalue weighted by Crippen LogP contribution is 2.50. The van der Waals surface area contributed by atoms with Gasteiger partial charge >= 0.3 is 11.9 Å². The van der Waals surface area contributed by atoms with Gasteiger partial charge in [-0.3, -0.25) is 0 Å². The number of carbonyl (C=O) groups is 2. The fourth-order valence-electron chi connectivity index (χ4n) is 3.35. The molecule has 1 aromatic carbocycles. The molecule has 0 fully saturated rings. The summed E-state index contributed by atoms with van der Waals surface area (Å²) >= 11 is 0. The van der Waals surface area contributed by atoms with Crippen molar-refractivity contribution >= 4 is 23.6 Å². The van der Waals surface area contributed by atoms with Gasteiger partial charge in [0.05, 0.1) is 7.11 Å². The number of benzene rings is 1. The quantitative estimate of drug-likeness (QED) is 0.738. The zero-order valence-corrected chi connectivity index (χ0v) is 13.8. The lowest BCUT2D eigenvalue weighted by Gasteiger charge is -2.36. The summed E-state index contributed by atoms with van der Waals surface area (Å²) in [6.45, 7) is 5.09. The Hall–Kier alpha value is -2.76. The smallest absolute Gasteiger partial charge is 0.345 e. The summed E-state index contributed by atoms with van der Waals surface area (Å²) in [5, 5.41) is 0. The predicted molar refractivity (Wildman–Crippen MR) is 84.6 cm³/mol. The van der Waals surface area contributed by atoms with Crippen LogP contribution in [-0.2, 0) is 14.3 Å². The van der Waals surface area contributed by atoms with Gasteiger partial charge in [-0.1, -0.05) is 6.08 Å². The van der Waals surface area contributed by atoms with Crippen LogP contribution in [0.1, 0.15) is 42.3 Å². The molecule has 0 saturated carbocycles. The van der Waals surface area contributed by atoms with E-state index in [9.17, 15) is 9.59 Å². The Morgan fingerprint density at radius 2 is 1.79 bits per heavy atom. The highest BCUT2D eigenvalue weighted by molar-refractivity contribution is 6.09. The molecule has 3 aliphatic rings. The van der Waals surface area contributed by atoms with E-state index in [0.717, 1.165) is 0 Å². The van der Waals surface area contributed by atoms with Crippen LogP contribution in [0.3, 0.4) is 0 Å². The molecule has 124 valence electrons. The topological polar surface area (TPSA) is 71.1 Å². The number of hydrogen-bond acceptors (Lipinski definition) is 6. The third-order valence-electron chi connectivity index (χ3n) is 4.36. The van der Waals surface area contributed by atoms with Crippen molar-refractivity contribution in [1.29, 1.82) is 0 Å². The van der Waals surface area contributed by atoms with E-state index < -0.39 is 23.3 Å². The number of cyclic esters (lactones) is 1. The zero-order chi connectivity index (χ0) is 17.3. The maximum Gasteiger partial charge on any atom is 0.345 e. The first-order valence-corrected chi connectivity index (χ1v) is 7.56. The Bertz CT molecular complexity index is 861. The Morgan fingerprint density at radius 1 is 1.04 bits per heavy atom. The first kappa shape index (κ1) is 14.8. The van der Waals surface area contributed by atoms with Gasteiger partial charge < -0.3 is 18.9 Å². The molecule has 1 atom stereocenters. The lowest BCUT2D eigenvalue weighted by Crippen LogP contribution is -2.40. The van der Waals surface area contributed by atoms with E-state index in [1.165, 1.54) is 6.08 Å². The van der Waals surface area contributed by atoms with Crippen molar-refractivity contribution in [2.24, 2.45) is 0 Å². The lowest BCUT2D eigenvalue weighted by atomic mass is 9.79. The van der Waals surface area contributed by atoms with Gasteiger partial charge in [-0.2, -0.15) is 0 Å². The van der Waals surface area contributed by atoms with Crippen molar-refractivity contribution in [2.75, 3.05) is 7.11 Å². The summed E-state index contributed by atoms with van der Waals surface area (Å²) in [4.78, 5) is 24.4. The number of methoxy groups -OCH3 is 1. The third kappa shape index (κ3) is 1.89. The van der Waals surface area contributed by atoms with Gasteiger partial charge in [0.2, 0.25) is 5.79 Å². The van der Waals surface area contributed by atoms with Crippen LogP contribution in [0.15, 0.2) is 18.2 Å². The summed E-state index contributed by atoms with van der Waals surface area (Å²) in [5.41, 5.74) is 1.21. The molecule has 2 aliphatic heterocycles. The average Bonchev–Trinajstić information content (AvgIpc) is 2.78. The van der Waals surface area contributed by atoms with Crippen LogP contribution >= 0.6 is 0 Å². The predicted octanol–water partition coefficient (Wildman–Crippen LogP) is 2.71. The van der Waals surface area contributed by atoms with Gasteiger partial charge in [-0.15, -0.1) is 0 Å². The number of rotatable bonds is 1. The van der Waals surface area contributed by atoms with Crippen LogP contribution in [0.2, 0.25) is 0 Å². The van der Waals surface area contributed by atoms with Crippen molar-refractivity contribution in [3.05, 3.63) is 34.9 Å². The molecule has 0 spiro atoms. The summed E-state index contributed by atoms with van der Waals surface area (Å²) in [5.74, 6) is -1.12. The molecule has 0 bridgehead atoms. The molecule has 0 N–H and O–H groups in total. The van der Waals surface area contributed by atoms with Gasteiger partial charge in [0.15, 0.2) is 5.60 Å². The molecule has 4 rings (SSSR count). The molecule has 24 heavy (non-hydrogen) atoms. The van der Waals surface area contributed by atoms with Gasteiger partial charge in [-0.25, -0.2) is 9.59 Å². The SMILES string of the molecule is COc1cc2c(c3c1C=CC1(C)OC(=O)C=C31)C(=O)OC(C)(C)O2. The summed E-state index contributed by atoms with van der Waals surface area (Å²) in [6.07, 6.45) is 4.96. The van der Waals surface area contributed by atoms with Gasteiger partial charge in [0.1, 0.15) is 17.1 Å². The van der Waals surface area contributed by atoms with Crippen molar-refractivity contribution in [3.63, 3.8) is 0 Å². The van der Waals surface area contributed by atoms with E-state index in [-0.39, 0.29) is 5.56 Å². The van der Waals surface area contributed by atoms with Crippen LogP contribution in [0.5, 0.6) is 11.5 Å². The summed E-state index contributed by atoms with van der Waals surface area (Å²) in [6, 6.07) is 1.67. The van der Waals surface area contributed by atoms with Crippen molar-refractivity contribution < 1.29 is 28.5 Å². The molecular weight excluding hydrogens is 312 g/mol.